The highest BCUT2D eigenvalue weighted by molar-refractivity contribution is 7.53. The number of H-pyrrole nitrogens is 1. The van der Waals surface area contributed by atoms with E-state index in [9.17, 15) is 29.3 Å². The zero-order chi connectivity index (χ0) is 18.1. The van der Waals surface area contributed by atoms with E-state index in [1.165, 1.54) is 0 Å². The number of ether oxygens (including phenoxy) is 1. The average molecular weight is 365 g/mol. The van der Waals surface area contributed by atoms with Crippen molar-refractivity contribution in [2.45, 2.75) is 24.4 Å². The van der Waals surface area contributed by atoms with Crippen LogP contribution in [0.5, 0.6) is 0 Å². The Morgan fingerprint density at radius 3 is 2.71 bits per heavy atom. The average Bonchev–Trinajstić information content (AvgIpc) is 2.72. The van der Waals surface area contributed by atoms with E-state index in [1.807, 2.05) is 0 Å². The Bertz CT molecular complexity index is 723. The number of nitrogen functional groups attached to an aromatic ring is 1. The quantitative estimate of drug-likeness (QED) is 0.298. The Morgan fingerprint density at radius 1 is 1.46 bits per heavy atom. The van der Waals surface area contributed by atoms with Crippen LogP contribution in [0.3, 0.4) is 0 Å². The van der Waals surface area contributed by atoms with Crippen LogP contribution in [0.15, 0.2) is 11.0 Å². The molecule has 1 saturated heterocycles. The third-order valence-electron chi connectivity index (χ3n) is 3.29. The number of hydrogen-bond acceptors (Lipinski definition) is 9. The molecule has 1 aliphatic heterocycles. The molecule has 1 aliphatic rings. The summed E-state index contributed by atoms with van der Waals surface area (Å²) in [6, 6.07) is 0. The minimum atomic E-state index is -4.42. The van der Waals surface area contributed by atoms with Gasteiger partial charge in [-0.1, -0.05) is 0 Å². The molecule has 1 aromatic rings. The van der Waals surface area contributed by atoms with Crippen molar-refractivity contribution in [2.75, 3.05) is 18.5 Å². The molecule has 5 atom stereocenters. The van der Waals surface area contributed by atoms with Crippen molar-refractivity contribution in [3.05, 3.63) is 22.1 Å². The summed E-state index contributed by atoms with van der Waals surface area (Å²) in [5.41, 5.74) is 4.52. The smallest absolute Gasteiger partial charge is 0.339 e. The highest BCUT2D eigenvalue weighted by atomic mass is 31.2. The summed E-state index contributed by atoms with van der Waals surface area (Å²) in [4.78, 5) is 37.4. The lowest BCUT2D eigenvalue weighted by Crippen LogP contribution is -2.33. The van der Waals surface area contributed by atoms with Gasteiger partial charge in [-0.05, 0) is 0 Å². The second-order valence-corrected chi connectivity index (χ2v) is 6.96. The normalized spacial score (nSPS) is 29.3. The summed E-state index contributed by atoms with van der Waals surface area (Å²) in [6.07, 6.45) is -5.62. The number of aromatic nitrogens is 2. The monoisotopic (exact) mass is 365 g/mol. The molecule has 5 unspecified atom stereocenters. The van der Waals surface area contributed by atoms with Gasteiger partial charge in [0.1, 0.15) is 30.6 Å². The Morgan fingerprint density at radius 2 is 2.12 bits per heavy atom. The summed E-state index contributed by atoms with van der Waals surface area (Å²) in [6.45, 7) is -0.657. The lowest BCUT2D eigenvalue weighted by molar-refractivity contribution is -0.134. The van der Waals surface area contributed by atoms with Crippen LogP contribution >= 0.6 is 7.60 Å². The van der Waals surface area contributed by atoms with Gasteiger partial charge >= 0.3 is 13.6 Å². The molecule has 134 valence electrons. The van der Waals surface area contributed by atoms with Gasteiger partial charge in [0.05, 0.1) is 12.2 Å². The van der Waals surface area contributed by atoms with Gasteiger partial charge in [0, 0.05) is 6.20 Å². The molecule has 13 heteroatoms. The molecule has 2 heterocycles. The lowest BCUT2D eigenvalue weighted by atomic mass is 10.0. The predicted octanol–water partition coefficient (Wildman–Crippen LogP) is -2.20. The number of hydrogen-bond donors (Lipinski definition) is 6. The van der Waals surface area contributed by atoms with Crippen molar-refractivity contribution >= 4 is 19.5 Å². The van der Waals surface area contributed by atoms with E-state index in [2.05, 4.69) is 14.5 Å². The molecule has 0 bridgehead atoms. The molecular formula is C11H16N3O9P. The summed E-state index contributed by atoms with van der Waals surface area (Å²) < 4.78 is 21.4. The molecule has 2 rings (SSSR count). The van der Waals surface area contributed by atoms with Gasteiger partial charge in [-0.3, -0.25) is 19.1 Å². The molecule has 1 aromatic heterocycles. The first-order chi connectivity index (χ1) is 11.1. The van der Waals surface area contributed by atoms with Crippen LogP contribution in [0, 0.1) is 0 Å². The van der Waals surface area contributed by atoms with Gasteiger partial charge in [0.25, 0.3) is 5.56 Å². The fraction of sp³-hybridized carbons (Fsp3) is 0.545. The lowest BCUT2D eigenvalue weighted by Gasteiger charge is -2.16. The fourth-order valence-corrected chi connectivity index (χ4v) is 2.98. The zero-order valence-corrected chi connectivity index (χ0v) is 13.0. The first-order valence-electron chi connectivity index (χ1n) is 6.65. The number of aliphatic carboxylic acids is 1. The predicted molar refractivity (Wildman–Crippen MR) is 77.2 cm³/mol. The third kappa shape index (κ3) is 4.17. The molecule has 0 radical (unpaired) electrons. The van der Waals surface area contributed by atoms with E-state index in [4.69, 9.17) is 15.6 Å². The molecular weight excluding hydrogens is 349 g/mol. The van der Waals surface area contributed by atoms with E-state index in [1.54, 1.807) is 0 Å². The molecule has 1 fully saturated rings. The second-order valence-electron chi connectivity index (χ2n) is 5.11. The number of aromatic amines is 1. The Labute approximate surface area is 134 Å². The largest absolute Gasteiger partial charge is 0.481 e. The zero-order valence-electron chi connectivity index (χ0n) is 12.1. The minimum absolute atomic E-state index is 0.101. The number of carboxylic acids is 1. The Hall–Kier alpha value is -1.82. The number of carbonyl (C=O) groups is 1. The molecule has 0 aliphatic carbocycles. The van der Waals surface area contributed by atoms with Crippen LogP contribution in [0.2, 0.25) is 0 Å². The van der Waals surface area contributed by atoms with Crippen LogP contribution in [-0.4, -0.2) is 67.2 Å². The van der Waals surface area contributed by atoms with Crippen molar-refractivity contribution < 1.29 is 38.8 Å². The summed E-state index contributed by atoms with van der Waals surface area (Å²) in [5, 5.41) is 28.4. The van der Waals surface area contributed by atoms with E-state index in [-0.39, 0.29) is 11.5 Å². The van der Waals surface area contributed by atoms with E-state index >= 15 is 0 Å². The van der Waals surface area contributed by atoms with Crippen LogP contribution in [-0.2, 0) is 18.6 Å². The first-order valence-corrected chi connectivity index (χ1v) is 8.41. The molecule has 24 heavy (non-hydrogen) atoms. The number of aliphatic hydroxyl groups is 2. The number of nitrogens with one attached hydrogen (secondary N) is 1. The molecule has 7 N–H and O–H groups in total. The maximum absolute atomic E-state index is 11.8. The number of carboxylic acid groups (broad SMARTS) is 1. The molecule has 0 aromatic carbocycles. The van der Waals surface area contributed by atoms with Crippen molar-refractivity contribution in [1.82, 2.24) is 9.97 Å². The summed E-state index contributed by atoms with van der Waals surface area (Å²) in [5.74, 6) is -1.68. The number of nitrogens with zero attached hydrogens (tertiary/aromatic N) is 1. The maximum Gasteiger partial charge on any atom is 0.339 e. The SMILES string of the molecule is Nc1ncc(C2OC(COP(=O)(O)CC(=O)O)C(O)C2O)c(=O)[nH]1. The van der Waals surface area contributed by atoms with Gasteiger partial charge in [0.15, 0.2) is 5.95 Å². The topological polar surface area (TPSA) is 205 Å². The Balaban J connectivity index is 2.08. The van der Waals surface area contributed by atoms with Crippen LogP contribution in [0.1, 0.15) is 11.7 Å². The van der Waals surface area contributed by atoms with Crippen LogP contribution in [0.4, 0.5) is 5.95 Å². The third-order valence-corrected chi connectivity index (χ3v) is 4.51. The van der Waals surface area contributed by atoms with Crippen molar-refractivity contribution in [2.24, 2.45) is 0 Å². The molecule has 0 amide bonds. The van der Waals surface area contributed by atoms with Gasteiger partial charge < -0.3 is 35.2 Å². The number of rotatable bonds is 6. The van der Waals surface area contributed by atoms with Crippen molar-refractivity contribution in [3.8, 4) is 0 Å². The fourth-order valence-electron chi connectivity index (χ4n) is 2.17. The standard InChI is InChI=1S/C11H16N3O9P/c12-11-13-1-4(10(19)14-11)9-8(18)7(17)5(23-9)2-22-24(20,21)3-6(15)16/h1,5,7-9,17-18H,2-3H2,(H,15,16)(H,20,21)(H3,12,13,14,19). The van der Waals surface area contributed by atoms with Gasteiger partial charge in [-0.25, -0.2) is 4.98 Å². The van der Waals surface area contributed by atoms with E-state index in [0.717, 1.165) is 6.20 Å². The van der Waals surface area contributed by atoms with E-state index < -0.39 is 56.3 Å². The first kappa shape index (κ1) is 18.5. The van der Waals surface area contributed by atoms with Crippen LogP contribution in [0.25, 0.3) is 0 Å². The summed E-state index contributed by atoms with van der Waals surface area (Å²) in [7, 11) is -4.42. The number of nitrogens with two attached hydrogens (primary N) is 1. The van der Waals surface area contributed by atoms with Gasteiger partial charge in [-0.2, -0.15) is 0 Å². The number of anilines is 1. The van der Waals surface area contributed by atoms with Gasteiger partial charge in [0.2, 0.25) is 0 Å². The van der Waals surface area contributed by atoms with Crippen molar-refractivity contribution in [3.63, 3.8) is 0 Å². The van der Waals surface area contributed by atoms with Crippen molar-refractivity contribution in [1.29, 1.82) is 0 Å². The van der Waals surface area contributed by atoms with E-state index in [0.29, 0.717) is 0 Å². The number of aliphatic hydroxyl groups excluding tert-OH is 2. The van der Waals surface area contributed by atoms with Gasteiger partial charge in [-0.15, -0.1) is 0 Å². The highest BCUT2D eigenvalue weighted by Crippen LogP contribution is 2.43. The molecule has 0 saturated carbocycles. The minimum Gasteiger partial charge on any atom is -0.481 e. The molecule has 12 nitrogen and oxygen atoms in total. The second kappa shape index (κ2) is 6.97. The molecule has 0 spiro atoms. The maximum atomic E-state index is 11.8. The Kier molecular flexibility index (Phi) is 5.38. The van der Waals surface area contributed by atoms with Crippen LogP contribution < -0.4 is 11.3 Å². The highest BCUT2D eigenvalue weighted by Gasteiger charge is 2.45. The summed E-state index contributed by atoms with van der Waals surface area (Å²) >= 11 is 0.